The Kier molecular flexibility index (Phi) is 6.98. The van der Waals surface area contributed by atoms with E-state index in [2.05, 4.69) is 27.7 Å². The Bertz CT molecular complexity index is 857. The number of piperidine rings is 1. The largest absolute Gasteiger partial charge is 0.368 e. The molecule has 1 unspecified atom stereocenters. The maximum Gasteiger partial charge on any atom is 0.253 e. The van der Waals surface area contributed by atoms with Crippen LogP contribution >= 0.6 is 0 Å². The van der Waals surface area contributed by atoms with Gasteiger partial charge in [-0.15, -0.1) is 0 Å². The molecule has 30 heavy (non-hydrogen) atoms. The molecule has 2 aliphatic rings. The summed E-state index contributed by atoms with van der Waals surface area (Å²) >= 11 is 0. The number of anilines is 2. The average Bonchev–Trinajstić information content (AvgIpc) is 3.33. The lowest BCUT2D eigenvalue weighted by Crippen LogP contribution is -2.40. The minimum atomic E-state index is -0.326. The van der Waals surface area contributed by atoms with Crippen molar-refractivity contribution in [3.05, 3.63) is 60.2 Å². The van der Waals surface area contributed by atoms with Gasteiger partial charge in [0.15, 0.2) is 5.96 Å². The summed E-state index contributed by atoms with van der Waals surface area (Å²) in [5.74, 6) is 0.850. The van der Waals surface area contributed by atoms with E-state index in [1.165, 1.54) is 19.3 Å². The van der Waals surface area contributed by atoms with Gasteiger partial charge in [0.05, 0.1) is 6.54 Å². The predicted octanol–water partition coefficient (Wildman–Crippen LogP) is 4.26. The number of hydrogen-bond donors (Lipinski definition) is 2. The van der Waals surface area contributed by atoms with E-state index in [9.17, 15) is 4.79 Å². The molecule has 2 aliphatic heterocycles. The van der Waals surface area contributed by atoms with Crippen molar-refractivity contribution in [1.82, 2.24) is 4.90 Å². The number of rotatable bonds is 5. The van der Waals surface area contributed by atoms with Gasteiger partial charge in [-0.25, -0.2) is 4.99 Å². The van der Waals surface area contributed by atoms with Crippen LogP contribution in [0.5, 0.6) is 0 Å². The zero-order valence-corrected chi connectivity index (χ0v) is 17.3. The number of benzene rings is 2. The molecule has 1 atom stereocenters. The molecule has 2 N–H and O–H groups in total. The van der Waals surface area contributed by atoms with Gasteiger partial charge in [0, 0.05) is 31.1 Å². The van der Waals surface area contributed by atoms with Gasteiger partial charge < -0.3 is 20.3 Å². The summed E-state index contributed by atoms with van der Waals surface area (Å²) < 4.78 is 5.47. The van der Waals surface area contributed by atoms with Crippen LogP contribution in [0.25, 0.3) is 0 Å². The first kappa shape index (κ1) is 20.4. The minimum absolute atomic E-state index is 0.0621. The first-order valence-corrected chi connectivity index (χ1v) is 10.9. The van der Waals surface area contributed by atoms with E-state index in [1.54, 1.807) is 0 Å². The third-order valence-corrected chi connectivity index (χ3v) is 5.51. The van der Waals surface area contributed by atoms with E-state index in [1.807, 2.05) is 42.5 Å². The lowest BCUT2D eigenvalue weighted by Gasteiger charge is -2.30. The Hall–Kier alpha value is -2.86. The summed E-state index contributed by atoms with van der Waals surface area (Å²) in [5.41, 5.74) is 2.89. The zero-order chi connectivity index (χ0) is 20.6. The number of para-hydroxylation sites is 1. The fourth-order valence-corrected chi connectivity index (χ4v) is 3.90. The highest BCUT2D eigenvalue weighted by Gasteiger charge is 2.23. The lowest BCUT2D eigenvalue weighted by atomic mass is 10.1. The number of hydrogen-bond acceptors (Lipinski definition) is 3. The summed E-state index contributed by atoms with van der Waals surface area (Å²) in [7, 11) is 0. The maximum absolute atomic E-state index is 12.3. The standard InChI is InChI=1S/C24H30N4O2/c29-23(22-13-8-16-30-22)26-21-12-7-9-19(17-21)18-25-24(28-14-5-2-6-15-28)27-20-10-3-1-4-11-20/h1,3-4,7,9-12,17,22H,2,5-6,8,13-16,18H2,(H,25,27)(H,26,29). The molecule has 2 fully saturated rings. The van der Waals surface area contributed by atoms with Crippen molar-refractivity contribution in [3.63, 3.8) is 0 Å². The fraction of sp³-hybridized carbons (Fsp3) is 0.417. The van der Waals surface area contributed by atoms with Crippen molar-refractivity contribution in [2.45, 2.75) is 44.8 Å². The van der Waals surface area contributed by atoms with E-state index in [-0.39, 0.29) is 12.0 Å². The number of ether oxygens (including phenoxy) is 1. The molecule has 2 aromatic carbocycles. The second kappa shape index (κ2) is 10.3. The lowest BCUT2D eigenvalue weighted by molar-refractivity contribution is -0.124. The maximum atomic E-state index is 12.3. The molecule has 6 heteroatoms. The molecule has 0 aliphatic carbocycles. The fourth-order valence-electron chi connectivity index (χ4n) is 3.90. The van der Waals surface area contributed by atoms with E-state index in [0.29, 0.717) is 13.2 Å². The predicted molar refractivity (Wildman–Crippen MR) is 121 cm³/mol. The number of carbonyl (C=O) groups excluding carboxylic acids is 1. The second-order valence-electron chi connectivity index (χ2n) is 7.87. The highest BCUT2D eigenvalue weighted by Crippen LogP contribution is 2.18. The number of likely N-dealkylation sites (tertiary alicyclic amines) is 1. The molecule has 4 rings (SSSR count). The smallest absolute Gasteiger partial charge is 0.253 e. The Morgan fingerprint density at radius 2 is 1.77 bits per heavy atom. The molecule has 6 nitrogen and oxygen atoms in total. The van der Waals surface area contributed by atoms with Crippen molar-refractivity contribution in [2.24, 2.45) is 4.99 Å². The van der Waals surface area contributed by atoms with Crippen molar-refractivity contribution >= 4 is 23.2 Å². The molecule has 0 radical (unpaired) electrons. The monoisotopic (exact) mass is 406 g/mol. The number of carbonyl (C=O) groups is 1. The Labute approximate surface area is 178 Å². The Morgan fingerprint density at radius 1 is 0.967 bits per heavy atom. The Balaban J connectivity index is 1.45. The highest BCUT2D eigenvalue weighted by atomic mass is 16.5. The van der Waals surface area contributed by atoms with Crippen molar-refractivity contribution in [1.29, 1.82) is 0 Å². The quantitative estimate of drug-likeness (QED) is 0.575. The summed E-state index contributed by atoms with van der Waals surface area (Å²) in [6.07, 6.45) is 5.08. The summed E-state index contributed by atoms with van der Waals surface area (Å²) in [4.78, 5) is 19.6. The minimum Gasteiger partial charge on any atom is -0.368 e. The molecule has 1 amide bonds. The molecule has 158 valence electrons. The van der Waals surface area contributed by atoms with Crippen LogP contribution in [-0.2, 0) is 16.1 Å². The molecular formula is C24H30N4O2. The first-order chi connectivity index (χ1) is 14.8. The SMILES string of the molecule is O=C(Nc1cccc(CN=C(Nc2ccccc2)N2CCCCC2)c1)C1CCCO1. The molecule has 2 saturated heterocycles. The van der Waals surface area contributed by atoms with Crippen LogP contribution in [0.4, 0.5) is 11.4 Å². The average molecular weight is 407 g/mol. The third-order valence-electron chi connectivity index (χ3n) is 5.51. The summed E-state index contributed by atoms with van der Waals surface area (Å²) in [6, 6.07) is 18.1. The summed E-state index contributed by atoms with van der Waals surface area (Å²) in [5, 5.41) is 6.47. The number of nitrogens with zero attached hydrogens (tertiary/aromatic N) is 2. The molecule has 2 aromatic rings. The molecule has 0 spiro atoms. The van der Waals surface area contributed by atoms with E-state index >= 15 is 0 Å². The van der Waals surface area contributed by atoms with E-state index in [0.717, 1.165) is 48.8 Å². The van der Waals surface area contributed by atoms with Crippen LogP contribution in [0, 0.1) is 0 Å². The normalized spacial score (nSPS) is 19.5. The topological polar surface area (TPSA) is 66.0 Å². The van der Waals surface area contributed by atoms with Gasteiger partial charge in [-0.05, 0) is 61.9 Å². The molecule has 0 saturated carbocycles. The van der Waals surface area contributed by atoms with Gasteiger partial charge in [0.2, 0.25) is 0 Å². The van der Waals surface area contributed by atoms with E-state index < -0.39 is 0 Å². The van der Waals surface area contributed by atoms with Crippen molar-refractivity contribution in [2.75, 3.05) is 30.3 Å². The highest BCUT2D eigenvalue weighted by molar-refractivity contribution is 5.95. The van der Waals surface area contributed by atoms with Gasteiger partial charge in [-0.2, -0.15) is 0 Å². The number of amides is 1. The second-order valence-corrected chi connectivity index (χ2v) is 7.87. The van der Waals surface area contributed by atoms with Crippen LogP contribution in [-0.4, -0.2) is 42.6 Å². The van der Waals surface area contributed by atoms with Crippen LogP contribution in [0.3, 0.4) is 0 Å². The first-order valence-electron chi connectivity index (χ1n) is 10.9. The van der Waals surface area contributed by atoms with Gasteiger partial charge in [-0.1, -0.05) is 30.3 Å². The van der Waals surface area contributed by atoms with Crippen molar-refractivity contribution in [3.8, 4) is 0 Å². The number of aliphatic imine (C=N–C) groups is 1. The van der Waals surface area contributed by atoms with Gasteiger partial charge in [0.1, 0.15) is 6.10 Å². The van der Waals surface area contributed by atoms with Gasteiger partial charge >= 0.3 is 0 Å². The summed E-state index contributed by atoms with van der Waals surface area (Å²) in [6.45, 7) is 3.27. The molecule has 0 bridgehead atoms. The Morgan fingerprint density at radius 3 is 2.53 bits per heavy atom. The number of nitrogens with one attached hydrogen (secondary N) is 2. The molecule has 2 heterocycles. The number of guanidine groups is 1. The van der Waals surface area contributed by atoms with Crippen LogP contribution in [0.1, 0.15) is 37.7 Å². The third kappa shape index (κ3) is 5.60. The van der Waals surface area contributed by atoms with Crippen molar-refractivity contribution < 1.29 is 9.53 Å². The van der Waals surface area contributed by atoms with Crippen LogP contribution in [0.2, 0.25) is 0 Å². The van der Waals surface area contributed by atoms with Gasteiger partial charge in [-0.3, -0.25) is 4.79 Å². The molecular weight excluding hydrogens is 376 g/mol. The van der Waals surface area contributed by atoms with Crippen LogP contribution < -0.4 is 10.6 Å². The van der Waals surface area contributed by atoms with E-state index in [4.69, 9.17) is 9.73 Å². The van der Waals surface area contributed by atoms with Crippen LogP contribution in [0.15, 0.2) is 59.6 Å². The zero-order valence-electron chi connectivity index (χ0n) is 17.3. The van der Waals surface area contributed by atoms with Gasteiger partial charge in [0.25, 0.3) is 5.91 Å². The molecule has 0 aromatic heterocycles.